The largest absolute Gasteiger partial charge is 0.463 e. The molecule has 0 fully saturated rings. The first-order valence-electron chi connectivity index (χ1n) is 10.3. The summed E-state index contributed by atoms with van der Waals surface area (Å²) < 4.78 is 7.10. The van der Waals surface area contributed by atoms with Crippen LogP contribution in [0.3, 0.4) is 0 Å². The second kappa shape index (κ2) is 10.3. The molecule has 0 aliphatic rings. The molecule has 0 spiro atoms. The Morgan fingerprint density at radius 3 is 2.84 bits per heavy atom. The van der Waals surface area contributed by atoms with Crippen molar-refractivity contribution >= 4 is 11.7 Å². The van der Waals surface area contributed by atoms with Crippen LogP contribution in [0, 0.1) is 11.3 Å². The Bertz CT molecular complexity index is 1140. The molecule has 0 saturated carbocycles. The summed E-state index contributed by atoms with van der Waals surface area (Å²) in [5.41, 5.74) is 8.14. The fourth-order valence-electron chi connectivity index (χ4n) is 3.27. The molecule has 3 rings (SSSR count). The lowest BCUT2D eigenvalue weighted by Gasteiger charge is -2.14. The summed E-state index contributed by atoms with van der Waals surface area (Å²) in [5.74, 6) is 0.294. The topological polar surface area (TPSA) is 127 Å². The highest BCUT2D eigenvalue weighted by molar-refractivity contribution is 6.00. The quantitative estimate of drug-likeness (QED) is 0.510. The van der Waals surface area contributed by atoms with Gasteiger partial charge in [0.2, 0.25) is 0 Å². The number of nitrogens with zero attached hydrogens (tertiary/aromatic N) is 3. The van der Waals surface area contributed by atoms with Gasteiger partial charge in [-0.05, 0) is 44.0 Å². The molecular weight excluding hydrogens is 394 g/mol. The number of unbranched alkanes of at least 4 members (excludes halogenated alkanes) is 3. The van der Waals surface area contributed by atoms with E-state index in [0.29, 0.717) is 36.5 Å². The summed E-state index contributed by atoms with van der Waals surface area (Å²) in [7, 11) is 0. The van der Waals surface area contributed by atoms with Crippen molar-refractivity contribution in [2.75, 3.05) is 12.3 Å². The molecule has 3 aromatic heterocycles. The van der Waals surface area contributed by atoms with Crippen molar-refractivity contribution in [1.29, 1.82) is 5.26 Å². The predicted octanol–water partition coefficient (Wildman–Crippen LogP) is 3.59. The number of aromatic nitrogens is 2. The summed E-state index contributed by atoms with van der Waals surface area (Å²) in [4.78, 5) is 29.2. The molecule has 0 aliphatic heterocycles. The number of aryl methyl sites for hydroxylation is 1. The molecule has 0 radical (unpaired) electrons. The van der Waals surface area contributed by atoms with Gasteiger partial charge < -0.3 is 20.0 Å². The number of nitrogen functional groups attached to an aromatic ring is 1. The Labute approximate surface area is 180 Å². The maximum absolute atomic E-state index is 12.8. The molecule has 8 heteroatoms. The highest BCUT2D eigenvalue weighted by Crippen LogP contribution is 2.33. The average Bonchev–Trinajstić information content (AvgIpc) is 3.31. The highest BCUT2D eigenvalue weighted by Gasteiger charge is 2.19. The summed E-state index contributed by atoms with van der Waals surface area (Å²) in [6.07, 6.45) is 6.24. The molecule has 0 aliphatic carbocycles. The molecule has 0 saturated heterocycles. The van der Waals surface area contributed by atoms with Gasteiger partial charge in [0.25, 0.3) is 11.5 Å². The van der Waals surface area contributed by atoms with Gasteiger partial charge in [0.1, 0.15) is 11.5 Å². The first kappa shape index (κ1) is 21.8. The van der Waals surface area contributed by atoms with Gasteiger partial charge in [-0.25, -0.2) is 4.98 Å². The number of carbonyl (C=O) groups is 1. The van der Waals surface area contributed by atoms with Crippen LogP contribution in [0.5, 0.6) is 0 Å². The molecule has 0 aromatic carbocycles. The number of anilines is 1. The van der Waals surface area contributed by atoms with Crippen molar-refractivity contribution in [2.45, 2.75) is 39.2 Å². The van der Waals surface area contributed by atoms with Gasteiger partial charge in [-0.1, -0.05) is 6.42 Å². The smallest absolute Gasteiger partial charge is 0.255 e. The maximum atomic E-state index is 12.8. The number of furan rings is 1. The summed E-state index contributed by atoms with van der Waals surface area (Å²) >= 11 is 0. The highest BCUT2D eigenvalue weighted by atomic mass is 16.3. The lowest BCUT2D eigenvalue weighted by atomic mass is 10.0. The van der Waals surface area contributed by atoms with Crippen LogP contribution in [0.25, 0.3) is 22.6 Å². The van der Waals surface area contributed by atoms with Crippen LogP contribution in [0.4, 0.5) is 5.82 Å². The van der Waals surface area contributed by atoms with Crippen LogP contribution >= 0.6 is 0 Å². The zero-order valence-corrected chi connectivity index (χ0v) is 17.4. The van der Waals surface area contributed by atoms with Crippen molar-refractivity contribution in [2.24, 2.45) is 0 Å². The van der Waals surface area contributed by atoms with E-state index in [1.165, 1.54) is 12.3 Å². The molecule has 3 N–H and O–H groups in total. The minimum atomic E-state index is -0.318. The van der Waals surface area contributed by atoms with Crippen molar-refractivity contribution in [3.8, 4) is 28.7 Å². The second-order valence-corrected chi connectivity index (χ2v) is 7.06. The van der Waals surface area contributed by atoms with Crippen LogP contribution in [0.2, 0.25) is 0 Å². The molecule has 0 atom stereocenters. The van der Waals surface area contributed by atoms with Gasteiger partial charge in [0.05, 0.1) is 17.9 Å². The minimum Gasteiger partial charge on any atom is -0.463 e. The van der Waals surface area contributed by atoms with Gasteiger partial charge in [-0.15, -0.1) is 0 Å². The number of hydrogen-bond donors (Lipinski definition) is 2. The van der Waals surface area contributed by atoms with Crippen LogP contribution in [-0.4, -0.2) is 22.0 Å². The van der Waals surface area contributed by atoms with Crippen molar-refractivity contribution in [1.82, 2.24) is 14.9 Å². The number of rotatable bonds is 9. The Balaban J connectivity index is 1.94. The van der Waals surface area contributed by atoms with Crippen LogP contribution in [0.15, 0.2) is 52.0 Å². The molecular formula is C23H25N5O3. The number of carbonyl (C=O) groups excluding carboxylic acids is 1. The van der Waals surface area contributed by atoms with E-state index in [9.17, 15) is 9.59 Å². The normalized spacial score (nSPS) is 10.6. The first-order chi connectivity index (χ1) is 15.0. The third-order valence-corrected chi connectivity index (χ3v) is 4.94. The van der Waals surface area contributed by atoms with Gasteiger partial charge >= 0.3 is 0 Å². The van der Waals surface area contributed by atoms with Crippen LogP contribution in [0.1, 0.15) is 43.0 Å². The fraction of sp³-hybridized carbons (Fsp3) is 0.304. The molecule has 8 nitrogen and oxygen atoms in total. The number of nitriles is 1. The van der Waals surface area contributed by atoms with Gasteiger partial charge in [0.15, 0.2) is 5.76 Å². The van der Waals surface area contributed by atoms with E-state index in [1.54, 1.807) is 35.0 Å². The lowest BCUT2D eigenvalue weighted by Crippen LogP contribution is -2.26. The number of hydrogen-bond acceptors (Lipinski definition) is 6. The fourth-order valence-corrected chi connectivity index (χ4v) is 3.27. The summed E-state index contributed by atoms with van der Waals surface area (Å²) in [6, 6.07) is 10.5. The molecule has 3 aromatic rings. The van der Waals surface area contributed by atoms with E-state index in [-0.39, 0.29) is 22.8 Å². The minimum absolute atomic E-state index is 0.0981. The molecule has 31 heavy (non-hydrogen) atoms. The average molecular weight is 419 g/mol. The second-order valence-electron chi connectivity index (χ2n) is 7.06. The van der Waals surface area contributed by atoms with E-state index < -0.39 is 0 Å². The van der Waals surface area contributed by atoms with Gasteiger partial charge in [-0.2, -0.15) is 5.26 Å². The monoisotopic (exact) mass is 419 g/mol. The zero-order valence-electron chi connectivity index (χ0n) is 17.4. The van der Waals surface area contributed by atoms with Crippen LogP contribution < -0.4 is 16.6 Å². The molecule has 0 unspecified atom stereocenters. The Morgan fingerprint density at radius 1 is 1.29 bits per heavy atom. The zero-order chi connectivity index (χ0) is 22.2. The molecule has 0 bridgehead atoms. The number of pyridine rings is 2. The molecule has 160 valence electrons. The van der Waals surface area contributed by atoms with Crippen LogP contribution in [-0.2, 0) is 6.54 Å². The van der Waals surface area contributed by atoms with Crippen molar-refractivity contribution in [3.63, 3.8) is 0 Å². The summed E-state index contributed by atoms with van der Waals surface area (Å²) in [6.45, 7) is 2.89. The first-order valence-corrected chi connectivity index (χ1v) is 10.3. The number of nitrogens with one attached hydrogen (secondary N) is 1. The van der Waals surface area contributed by atoms with E-state index >= 15 is 0 Å². The third kappa shape index (κ3) is 5.20. The number of amides is 1. The van der Waals surface area contributed by atoms with E-state index in [2.05, 4.69) is 16.4 Å². The maximum Gasteiger partial charge on any atom is 0.255 e. The standard InChI is InChI=1S/C23H25N5O3/c1-2-28-15-16(9-10-20(28)29)17-14-18(23(30)26-12-6-4-3-5-11-24)22(25)27-21(17)19-8-7-13-31-19/h7-10,13-15H,2-6,12H2,1H3,(H2,25,27)(H,26,30). The number of nitrogens with two attached hydrogens (primary N) is 1. The Morgan fingerprint density at radius 2 is 2.13 bits per heavy atom. The van der Waals surface area contributed by atoms with E-state index in [1.807, 2.05) is 6.92 Å². The Hall–Kier alpha value is -3.86. The van der Waals surface area contributed by atoms with Gasteiger partial charge in [0, 0.05) is 42.9 Å². The van der Waals surface area contributed by atoms with E-state index in [4.69, 9.17) is 15.4 Å². The summed E-state index contributed by atoms with van der Waals surface area (Å²) in [5, 5.41) is 11.4. The van der Waals surface area contributed by atoms with Gasteiger partial charge in [-0.3, -0.25) is 9.59 Å². The Kier molecular flexibility index (Phi) is 7.22. The predicted molar refractivity (Wildman–Crippen MR) is 118 cm³/mol. The molecule has 3 heterocycles. The molecule has 1 amide bonds. The van der Waals surface area contributed by atoms with Crippen molar-refractivity contribution in [3.05, 3.63) is 58.7 Å². The SMILES string of the molecule is CCn1cc(-c2cc(C(=O)NCCCCCC#N)c(N)nc2-c2ccco2)ccc1=O. The van der Waals surface area contributed by atoms with Crippen molar-refractivity contribution < 1.29 is 9.21 Å². The van der Waals surface area contributed by atoms with E-state index in [0.717, 1.165) is 24.8 Å². The lowest BCUT2D eigenvalue weighted by molar-refractivity contribution is 0.0953. The third-order valence-electron chi connectivity index (χ3n) is 4.94.